The van der Waals surface area contributed by atoms with Crippen LogP contribution in [0.1, 0.15) is 67.0 Å². The molecule has 1 atom stereocenters. The Labute approximate surface area is 162 Å². The number of aryl methyl sites for hydroxylation is 1. The third-order valence-electron chi connectivity index (χ3n) is 6.14. The molecule has 0 bridgehead atoms. The van der Waals surface area contributed by atoms with Crippen LogP contribution >= 0.6 is 0 Å². The molecule has 27 heavy (non-hydrogen) atoms. The van der Waals surface area contributed by atoms with Crippen molar-refractivity contribution >= 4 is 5.91 Å². The topological polar surface area (TPSA) is 33.2 Å². The van der Waals surface area contributed by atoms with E-state index < -0.39 is 0 Å². The second-order valence-electron chi connectivity index (χ2n) is 8.31. The van der Waals surface area contributed by atoms with Crippen molar-refractivity contribution in [1.82, 2.24) is 9.88 Å². The smallest absolute Gasteiger partial charge is 0.225 e. The quantitative estimate of drug-likeness (QED) is 0.777. The third-order valence-corrected chi connectivity index (χ3v) is 6.14. The van der Waals surface area contributed by atoms with Crippen LogP contribution in [-0.2, 0) is 11.2 Å². The maximum absolute atomic E-state index is 12.9. The van der Waals surface area contributed by atoms with E-state index in [2.05, 4.69) is 54.3 Å². The van der Waals surface area contributed by atoms with Gasteiger partial charge >= 0.3 is 0 Å². The summed E-state index contributed by atoms with van der Waals surface area (Å²) < 4.78 is 0. The molecular formula is C24H30N2O. The lowest BCUT2D eigenvalue weighted by molar-refractivity contribution is -0.136. The first-order valence-electron chi connectivity index (χ1n) is 10.5. The van der Waals surface area contributed by atoms with Crippen molar-refractivity contribution < 1.29 is 4.79 Å². The molecule has 1 aromatic heterocycles. The van der Waals surface area contributed by atoms with Crippen LogP contribution in [0.25, 0.3) is 0 Å². The van der Waals surface area contributed by atoms with E-state index in [1.807, 2.05) is 0 Å². The molecule has 1 amide bonds. The number of hydrogen-bond acceptors (Lipinski definition) is 2. The summed E-state index contributed by atoms with van der Waals surface area (Å²) in [6.07, 6.45) is 7.77. The normalized spacial score (nSPS) is 20.8. The van der Waals surface area contributed by atoms with Gasteiger partial charge in [0.15, 0.2) is 0 Å². The van der Waals surface area contributed by atoms with E-state index >= 15 is 0 Å². The maximum Gasteiger partial charge on any atom is 0.225 e. The molecule has 2 aromatic rings. The average Bonchev–Trinajstić information content (AvgIpc) is 3.23. The van der Waals surface area contributed by atoms with Crippen molar-refractivity contribution in [2.24, 2.45) is 5.92 Å². The first kappa shape index (κ1) is 18.2. The van der Waals surface area contributed by atoms with Gasteiger partial charge in [-0.25, -0.2) is 0 Å². The SMILES string of the molecule is Cc1cc(Cc2ccccc2)cc([C@H]2CCCN(C(=O)C3CCCC3)C2)n1. The van der Waals surface area contributed by atoms with E-state index in [1.165, 1.54) is 29.7 Å². The number of carbonyl (C=O) groups is 1. The molecule has 0 N–H and O–H groups in total. The minimum Gasteiger partial charge on any atom is -0.342 e. The van der Waals surface area contributed by atoms with Crippen molar-refractivity contribution in [3.63, 3.8) is 0 Å². The van der Waals surface area contributed by atoms with Crippen LogP contribution in [0.2, 0.25) is 0 Å². The molecule has 3 nitrogen and oxygen atoms in total. The lowest BCUT2D eigenvalue weighted by Gasteiger charge is -2.34. The fourth-order valence-electron chi connectivity index (χ4n) is 4.76. The zero-order valence-electron chi connectivity index (χ0n) is 16.4. The van der Waals surface area contributed by atoms with Gasteiger partial charge in [0.25, 0.3) is 0 Å². The van der Waals surface area contributed by atoms with Gasteiger partial charge in [-0.2, -0.15) is 0 Å². The lowest BCUT2D eigenvalue weighted by Crippen LogP contribution is -2.42. The highest BCUT2D eigenvalue weighted by Gasteiger charge is 2.31. The predicted molar refractivity (Wildman–Crippen MR) is 109 cm³/mol. The number of pyridine rings is 1. The van der Waals surface area contributed by atoms with Crippen molar-refractivity contribution in [2.75, 3.05) is 13.1 Å². The van der Waals surface area contributed by atoms with Gasteiger partial charge in [-0.1, -0.05) is 43.2 Å². The molecule has 1 aliphatic heterocycles. The van der Waals surface area contributed by atoms with Crippen LogP contribution in [0.5, 0.6) is 0 Å². The number of benzene rings is 1. The van der Waals surface area contributed by atoms with E-state index in [0.29, 0.717) is 11.8 Å². The highest BCUT2D eigenvalue weighted by molar-refractivity contribution is 5.79. The Bertz CT molecular complexity index is 780. The Morgan fingerprint density at radius 2 is 1.81 bits per heavy atom. The Kier molecular flexibility index (Phi) is 5.56. The van der Waals surface area contributed by atoms with Gasteiger partial charge in [0.1, 0.15) is 0 Å². The van der Waals surface area contributed by atoms with Gasteiger partial charge in [-0.05, 0) is 62.3 Å². The molecule has 1 saturated heterocycles. The maximum atomic E-state index is 12.9. The molecule has 2 aliphatic rings. The molecule has 0 unspecified atom stereocenters. The van der Waals surface area contributed by atoms with E-state index in [0.717, 1.165) is 50.9 Å². The van der Waals surface area contributed by atoms with Crippen LogP contribution in [0.4, 0.5) is 0 Å². The molecule has 3 heteroatoms. The minimum absolute atomic E-state index is 0.280. The second-order valence-corrected chi connectivity index (χ2v) is 8.31. The summed E-state index contributed by atoms with van der Waals surface area (Å²) in [4.78, 5) is 19.8. The summed E-state index contributed by atoms with van der Waals surface area (Å²) in [5.74, 6) is 1.05. The molecule has 2 fully saturated rings. The molecule has 1 saturated carbocycles. The van der Waals surface area contributed by atoms with Gasteiger partial charge in [0, 0.05) is 36.3 Å². The van der Waals surface area contributed by atoms with Gasteiger partial charge in [-0.3, -0.25) is 9.78 Å². The van der Waals surface area contributed by atoms with Crippen LogP contribution in [-0.4, -0.2) is 28.9 Å². The number of aromatic nitrogens is 1. The number of piperidine rings is 1. The number of nitrogens with zero attached hydrogens (tertiary/aromatic N) is 2. The van der Waals surface area contributed by atoms with E-state index in [-0.39, 0.29) is 5.92 Å². The summed E-state index contributed by atoms with van der Waals surface area (Å²) in [5.41, 5.74) is 4.90. The zero-order chi connectivity index (χ0) is 18.6. The molecule has 0 spiro atoms. The summed E-state index contributed by atoms with van der Waals surface area (Å²) in [7, 11) is 0. The molecule has 0 radical (unpaired) electrons. The van der Waals surface area contributed by atoms with Gasteiger partial charge in [0.05, 0.1) is 0 Å². The standard InChI is InChI=1S/C24H30N2O/c1-18-14-20(15-19-8-3-2-4-9-19)16-23(25-18)22-12-7-13-26(17-22)24(27)21-10-5-6-11-21/h2-4,8-9,14,16,21-22H,5-7,10-13,15,17H2,1H3/t22-/m0/s1. The van der Waals surface area contributed by atoms with Crippen LogP contribution in [0, 0.1) is 12.8 Å². The molecule has 4 rings (SSSR count). The number of likely N-dealkylation sites (tertiary alicyclic amines) is 1. The van der Waals surface area contributed by atoms with Crippen LogP contribution in [0.15, 0.2) is 42.5 Å². The fraction of sp³-hybridized carbons (Fsp3) is 0.500. The van der Waals surface area contributed by atoms with Crippen molar-refractivity contribution in [3.8, 4) is 0 Å². The number of rotatable bonds is 4. The van der Waals surface area contributed by atoms with E-state index in [9.17, 15) is 4.79 Å². The van der Waals surface area contributed by atoms with Crippen LogP contribution in [0.3, 0.4) is 0 Å². The third kappa shape index (κ3) is 4.40. The second kappa shape index (κ2) is 8.24. The molecular weight excluding hydrogens is 332 g/mol. The monoisotopic (exact) mass is 362 g/mol. The Morgan fingerprint density at radius 3 is 2.59 bits per heavy atom. The largest absolute Gasteiger partial charge is 0.342 e. The highest BCUT2D eigenvalue weighted by atomic mass is 16.2. The Morgan fingerprint density at radius 1 is 1.04 bits per heavy atom. The molecule has 1 aliphatic carbocycles. The highest BCUT2D eigenvalue weighted by Crippen LogP contribution is 2.31. The van der Waals surface area contributed by atoms with E-state index in [1.54, 1.807) is 0 Å². The molecule has 1 aromatic carbocycles. The van der Waals surface area contributed by atoms with Crippen molar-refractivity contribution in [1.29, 1.82) is 0 Å². The minimum atomic E-state index is 0.280. The average molecular weight is 363 g/mol. The summed E-state index contributed by atoms with van der Waals surface area (Å²) in [5, 5.41) is 0. The van der Waals surface area contributed by atoms with Crippen molar-refractivity contribution in [3.05, 3.63) is 65.0 Å². The summed E-state index contributed by atoms with van der Waals surface area (Å²) in [6, 6.07) is 15.1. The molecule has 142 valence electrons. The molecule has 2 heterocycles. The zero-order valence-corrected chi connectivity index (χ0v) is 16.4. The summed E-state index contributed by atoms with van der Waals surface area (Å²) in [6.45, 7) is 3.85. The number of carbonyl (C=O) groups excluding carboxylic acids is 1. The first-order valence-corrected chi connectivity index (χ1v) is 10.5. The first-order chi connectivity index (χ1) is 13.2. The Balaban J connectivity index is 1.49. The van der Waals surface area contributed by atoms with Gasteiger partial charge in [-0.15, -0.1) is 0 Å². The van der Waals surface area contributed by atoms with Gasteiger partial charge in [0.2, 0.25) is 5.91 Å². The Hall–Kier alpha value is -2.16. The van der Waals surface area contributed by atoms with Crippen molar-refractivity contribution in [2.45, 2.75) is 57.8 Å². The van der Waals surface area contributed by atoms with Crippen LogP contribution < -0.4 is 0 Å². The fourth-order valence-corrected chi connectivity index (χ4v) is 4.76. The lowest BCUT2D eigenvalue weighted by atomic mass is 9.91. The number of hydrogen-bond donors (Lipinski definition) is 0. The predicted octanol–water partition coefficient (Wildman–Crippen LogP) is 4.88. The van der Waals surface area contributed by atoms with Gasteiger partial charge < -0.3 is 4.90 Å². The number of amides is 1. The van der Waals surface area contributed by atoms with E-state index in [4.69, 9.17) is 4.98 Å². The summed E-state index contributed by atoms with van der Waals surface area (Å²) >= 11 is 0.